The van der Waals surface area contributed by atoms with Crippen molar-refractivity contribution in [2.45, 2.75) is 24.8 Å². The second kappa shape index (κ2) is 6.98. The number of carbonyl (C=O) groups excluding carboxylic acids is 1. The van der Waals surface area contributed by atoms with E-state index in [-0.39, 0.29) is 5.97 Å². The summed E-state index contributed by atoms with van der Waals surface area (Å²) in [6.07, 6.45) is 0. The molecule has 0 saturated heterocycles. The molecule has 8 nitrogen and oxygen atoms in total. The third-order valence-corrected chi connectivity index (χ3v) is 4.60. The number of aryl methyl sites for hydroxylation is 2. The van der Waals surface area contributed by atoms with E-state index in [9.17, 15) is 4.79 Å². The van der Waals surface area contributed by atoms with E-state index in [0.717, 1.165) is 17.0 Å². The van der Waals surface area contributed by atoms with E-state index in [4.69, 9.17) is 5.84 Å². The summed E-state index contributed by atoms with van der Waals surface area (Å²) in [5.41, 5.74) is 3.38. The average molecular weight is 358 g/mol. The van der Waals surface area contributed by atoms with E-state index >= 15 is 0 Å². The van der Waals surface area contributed by atoms with Gasteiger partial charge in [-0.3, -0.25) is 0 Å². The largest absolute Gasteiger partial charge is 0.465 e. The number of nitrogen functional groups attached to an aromatic ring is 1. The van der Waals surface area contributed by atoms with Gasteiger partial charge in [-0.05, 0) is 37.6 Å². The number of benzene rings is 1. The summed E-state index contributed by atoms with van der Waals surface area (Å²) in [6.45, 7) is 3.85. The first-order valence-corrected chi connectivity index (χ1v) is 8.52. The lowest BCUT2D eigenvalue weighted by molar-refractivity contribution is 0.0600. The number of nitrogens with zero attached hydrogens (tertiary/aromatic N) is 5. The highest BCUT2D eigenvalue weighted by atomic mass is 32.2. The molecule has 0 unspecified atom stereocenters. The molecule has 2 N–H and O–H groups in total. The Bertz CT molecular complexity index is 900. The van der Waals surface area contributed by atoms with Crippen LogP contribution in [-0.2, 0) is 10.5 Å². The van der Waals surface area contributed by atoms with Crippen molar-refractivity contribution in [2.24, 2.45) is 0 Å². The first-order valence-electron chi connectivity index (χ1n) is 7.54. The number of aromatic nitrogens is 5. The molecular formula is C16H18N6O2S. The van der Waals surface area contributed by atoms with Gasteiger partial charge in [0.2, 0.25) is 5.16 Å². The zero-order valence-electron chi connectivity index (χ0n) is 14.1. The molecule has 0 atom stereocenters. The van der Waals surface area contributed by atoms with Crippen LogP contribution < -0.4 is 5.84 Å². The Morgan fingerprint density at radius 2 is 1.96 bits per heavy atom. The van der Waals surface area contributed by atoms with E-state index in [1.54, 1.807) is 16.8 Å². The van der Waals surface area contributed by atoms with Gasteiger partial charge in [-0.1, -0.05) is 23.9 Å². The fraction of sp³-hybridized carbons (Fsp3) is 0.250. The molecule has 0 saturated carbocycles. The molecule has 2 aromatic heterocycles. The lowest BCUT2D eigenvalue weighted by atomic mass is 10.1. The topological polar surface area (TPSA) is 101 Å². The summed E-state index contributed by atoms with van der Waals surface area (Å²) in [5.74, 6) is 6.87. The second-order valence-corrected chi connectivity index (χ2v) is 6.41. The Kier molecular flexibility index (Phi) is 4.75. The van der Waals surface area contributed by atoms with E-state index in [2.05, 4.69) is 20.0 Å². The van der Waals surface area contributed by atoms with Gasteiger partial charge in [-0.15, -0.1) is 10.2 Å². The van der Waals surface area contributed by atoms with E-state index in [0.29, 0.717) is 22.4 Å². The maximum absolute atomic E-state index is 11.4. The fourth-order valence-corrected chi connectivity index (χ4v) is 3.15. The fourth-order valence-electron chi connectivity index (χ4n) is 2.35. The maximum Gasteiger partial charge on any atom is 0.337 e. The minimum atomic E-state index is -0.351. The third-order valence-electron chi connectivity index (χ3n) is 3.59. The highest BCUT2D eigenvalue weighted by Gasteiger charge is 2.15. The van der Waals surface area contributed by atoms with Crippen LogP contribution in [0.3, 0.4) is 0 Å². The number of nitrogens with two attached hydrogens (primary N) is 1. The number of rotatable bonds is 5. The molecular weight excluding hydrogens is 340 g/mol. The Morgan fingerprint density at radius 3 is 2.56 bits per heavy atom. The highest BCUT2D eigenvalue weighted by molar-refractivity contribution is 7.98. The number of methoxy groups -OCH3 is 1. The van der Waals surface area contributed by atoms with Crippen molar-refractivity contribution in [2.75, 3.05) is 13.0 Å². The van der Waals surface area contributed by atoms with E-state index in [1.807, 2.05) is 32.0 Å². The molecule has 2 heterocycles. The van der Waals surface area contributed by atoms with Gasteiger partial charge in [0.25, 0.3) is 5.95 Å². The first kappa shape index (κ1) is 17.0. The van der Waals surface area contributed by atoms with E-state index < -0.39 is 0 Å². The predicted molar refractivity (Wildman–Crippen MR) is 94.1 cm³/mol. The molecule has 3 aromatic rings. The van der Waals surface area contributed by atoms with Gasteiger partial charge >= 0.3 is 5.97 Å². The molecule has 25 heavy (non-hydrogen) atoms. The molecule has 0 spiro atoms. The van der Waals surface area contributed by atoms with Crippen molar-refractivity contribution in [3.8, 4) is 5.95 Å². The van der Waals surface area contributed by atoms with E-state index in [1.165, 1.54) is 23.5 Å². The molecule has 0 aliphatic heterocycles. The molecule has 0 bridgehead atoms. The number of hydrogen-bond acceptors (Lipinski definition) is 7. The normalized spacial score (nSPS) is 10.8. The molecule has 0 aliphatic rings. The lowest BCUT2D eigenvalue weighted by Crippen LogP contribution is -2.17. The molecule has 0 radical (unpaired) electrons. The predicted octanol–water partition coefficient (Wildman–Crippen LogP) is 1.87. The summed E-state index contributed by atoms with van der Waals surface area (Å²) in [5, 5.41) is 13.2. The molecule has 0 aliphatic carbocycles. The van der Waals surface area contributed by atoms with Gasteiger partial charge < -0.3 is 10.6 Å². The maximum atomic E-state index is 11.4. The minimum Gasteiger partial charge on any atom is -0.465 e. The smallest absolute Gasteiger partial charge is 0.337 e. The van der Waals surface area contributed by atoms with Crippen LogP contribution in [0.1, 0.15) is 27.3 Å². The standard InChI is InChI=1S/C16H18N6O2S/c1-10-8-11(2)22(20-10)15-18-19-16(21(15)17)25-9-12-4-6-13(7-5-12)14(23)24-3/h4-8H,9,17H2,1-3H3. The number of hydrogen-bond donors (Lipinski definition) is 1. The van der Waals surface area contributed by atoms with Crippen molar-refractivity contribution in [3.63, 3.8) is 0 Å². The van der Waals surface area contributed by atoms with Gasteiger partial charge in [-0.25, -0.2) is 14.2 Å². The summed E-state index contributed by atoms with van der Waals surface area (Å²) >= 11 is 1.46. The summed E-state index contributed by atoms with van der Waals surface area (Å²) in [7, 11) is 1.36. The summed E-state index contributed by atoms with van der Waals surface area (Å²) < 4.78 is 7.77. The quantitative estimate of drug-likeness (QED) is 0.422. The Balaban J connectivity index is 1.72. The van der Waals surface area contributed by atoms with Crippen molar-refractivity contribution in [1.82, 2.24) is 24.7 Å². The molecule has 3 rings (SSSR count). The van der Waals surface area contributed by atoms with Gasteiger partial charge in [0, 0.05) is 11.4 Å². The van der Waals surface area contributed by atoms with Crippen LogP contribution >= 0.6 is 11.8 Å². The Morgan fingerprint density at radius 1 is 1.24 bits per heavy atom. The minimum absolute atomic E-state index is 0.351. The monoisotopic (exact) mass is 358 g/mol. The summed E-state index contributed by atoms with van der Waals surface area (Å²) in [4.78, 5) is 11.4. The van der Waals surface area contributed by atoms with Crippen LogP contribution in [0.4, 0.5) is 0 Å². The SMILES string of the molecule is COC(=O)c1ccc(CSc2nnc(-n3nc(C)cc3C)n2N)cc1. The molecule has 0 fully saturated rings. The van der Waals surface area contributed by atoms with Gasteiger partial charge in [0.05, 0.1) is 18.4 Å². The Labute approximate surface area is 149 Å². The third kappa shape index (κ3) is 3.50. The van der Waals surface area contributed by atoms with Crippen molar-refractivity contribution < 1.29 is 9.53 Å². The Hall–Kier alpha value is -2.81. The van der Waals surface area contributed by atoms with Gasteiger partial charge in [0.15, 0.2) is 0 Å². The van der Waals surface area contributed by atoms with Crippen molar-refractivity contribution >= 4 is 17.7 Å². The molecule has 130 valence electrons. The van der Waals surface area contributed by atoms with Crippen LogP contribution in [0.15, 0.2) is 35.5 Å². The van der Waals surface area contributed by atoms with Crippen LogP contribution in [0.2, 0.25) is 0 Å². The van der Waals surface area contributed by atoms with Crippen molar-refractivity contribution in [3.05, 3.63) is 52.8 Å². The highest BCUT2D eigenvalue weighted by Crippen LogP contribution is 2.22. The number of esters is 1. The number of ether oxygens (including phenoxy) is 1. The number of carbonyl (C=O) groups is 1. The van der Waals surface area contributed by atoms with Crippen LogP contribution in [-0.4, -0.2) is 37.7 Å². The lowest BCUT2D eigenvalue weighted by Gasteiger charge is -2.05. The second-order valence-electron chi connectivity index (χ2n) is 5.47. The van der Waals surface area contributed by atoms with Gasteiger partial charge in [0.1, 0.15) is 0 Å². The average Bonchev–Trinajstić information content (AvgIpc) is 3.14. The molecule has 0 amide bonds. The zero-order chi connectivity index (χ0) is 18.0. The zero-order valence-corrected chi connectivity index (χ0v) is 14.9. The molecule has 1 aromatic carbocycles. The van der Waals surface area contributed by atoms with Crippen LogP contribution in [0.5, 0.6) is 0 Å². The van der Waals surface area contributed by atoms with Gasteiger partial charge in [-0.2, -0.15) is 5.10 Å². The molecule has 9 heteroatoms. The van der Waals surface area contributed by atoms with Crippen molar-refractivity contribution in [1.29, 1.82) is 0 Å². The first-order chi connectivity index (χ1) is 12.0. The summed E-state index contributed by atoms with van der Waals surface area (Å²) in [6, 6.07) is 9.16. The van der Waals surface area contributed by atoms with Crippen LogP contribution in [0, 0.1) is 13.8 Å². The van der Waals surface area contributed by atoms with Crippen LogP contribution in [0.25, 0.3) is 5.95 Å². The number of thioether (sulfide) groups is 1.